The van der Waals surface area contributed by atoms with Gasteiger partial charge in [-0.15, -0.1) is 0 Å². The number of piperidine rings is 1. The van der Waals surface area contributed by atoms with Gasteiger partial charge in [-0.1, -0.05) is 11.6 Å². The molecule has 3 N–H and O–H groups in total. The van der Waals surface area contributed by atoms with Gasteiger partial charge < -0.3 is 39.8 Å². The van der Waals surface area contributed by atoms with Crippen LogP contribution < -0.4 is 40.0 Å². The predicted molar refractivity (Wildman–Crippen MR) is 113 cm³/mol. The van der Waals surface area contributed by atoms with Gasteiger partial charge >= 0.3 is 0 Å². The van der Waals surface area contributed by atoms with Gasteiger partial charge in [0.05, 0.1) is 50.2 Å². The van der Waals surface area contributed by atoms with Crippen molar-refractivity contribution in [3.05, 3.63) is 35.5 Å². The van der Waals surface area contributed by atoms with E-state index in [1.54, 1.807) is 4.90 Å². The minimum Gasteiger partial charge on any atom is -1.00 e. The van der Waals surface area contributed by atoms with E-state index < -0.39 is 5.79 Å². The van der Waals surface area contributed by atoms with Crippen molar-refractivity contribution in [2.45, 2.75) is 50.9 Å². The molecule has 4 rings (SSSR count). The van der Waals surface area contributed by atoms with Crippen LogP contribution >= 0.6 is 11.6 Å². The van der Waals surface area contributed by atoms with E-state index in [1.807, 2.05) is 32.2 Å². The van der Waals surface area contributed by atoms with Crippen LogP contribution in [0.25, 0.3) is 10.9 Å². The van der Waals surface area contributed by atoms with Crippen LogP contribution in [0.15, 0.2) is 30.5 Å². The summed E-state index contributed by atoms with van der Waals surface area (Å²) in [6.45, 7) is 8.84. The Bertz CT molecular complexity index is 833. The number of H-pyrrole nitrogens is 1. The molecule has 2 fully saturated rings. The molecule has 1 aromatic carbocycles. The first-order chi connectivity index (χ1) is 13.9. The number of quaternary nitrogens is 1. The molecule has 2 aliphatic heterocycles. The Labute approximate surface area is 201 Å². The number of halogens is 3. The average molecular weight is 493 g/mol. The Morgan fingerprint density at radius 1 is 1.10 bits per heavy atom. The molecule has 1 aromatic heterocycles. The molecular formula is C22H32Cl3N3O3. The van der Waals surface area contributed by atoms with Crippen LogP contribution in [0.5, 0.6) is 0 Å². The lowest BCUT2D eigenvalue weighted by Gasteiger charge is -2.44. The number of anilines is 1. The molecule has 174 valence electrons. The Morgan fingerprint density at radius 3 is 2.58 bits per heavy atom. The highest BCUT2D eigenvalue weighted by molar-refractivity contribution is 6.31. The molecule has 0 atom stereocenters. The smallest absolute Gasteiger partial charge is 0.214 e. The average Bonchev–Trinajstić information content (AvgIpc) is 2.71. The molecule has 1 spiro atoms. The van der Waals surface area contributed by atoms with Gasteiger partial charge in [-0.2, -0.15) is 4.89 Å². The third kappa shape index (κ3) is 6.81. The molecule has 2 saturated heterocycles. The van der Waals surface area contributed by atoms with Crippen molar-refractivity contribution in [3.63, 3.8) is 0 Å². The lowest BCUT2D eigenvalue weighted by atomic mass is 10.0. The zero-order valence-electron chi connectivity index (χ0n) is 18.1. The summed E-state index contributed by atoms with van der Waals surface area (Å²) in [5.74, 6) is -0.519. The molecule has 2 aliphatic rings. The van der Waals surface area contributed by atoms with Gasteiger partial charge in [-0.25, -0.2) is 9.87 Å². The molecule has 0 radical (unpaired) electrons. The van der Waals surface area contributed by atoms with Crippen molar-refractivity contribution in [2.24, 2.45) is 0 Å². The third-order valence-corrected chi connectivity index (χ3v) is 6.09. The Kier molecular flexibility index (Phi) is 9.64. The van der Waals surface area contributed by atoms with Gasteiger partial charge in [0, 0.05) is 23.7 Å². The topological polar surface area (TPSA) is 58.3 Å². The maximum atomic E-state index is 6.09. The number of benzene rings is 1. The lowest BCUT2D eigenvalue weighted by molar-refractivity contribution is -0.910. The number of aromatic amines is 1. The van der Waals surface area contributed by atoms with Crippen LogP contribution in [-0.2, 0) is 14.5 Å². The lowest BCUT2D eigenvalue weighted by Crippen LogP contribution is -3.13. The van der Waals surface area contributed by atoms with Crippen molar-refractivity contribution < 1.29 is 49.2 Å². The first-order valence-electron chi connectivity index (χ1n) is 10.6. The van der Waals surface area contributed by atoms with E-state index >= 15 is 0 Å². The van der Waals surface area contributed by atoms with E-state index in [-0.39, 0.29) is 30.4 Å². The van der Waals surface area contributed by atoms with E-state index in [2.05, 4.69) is 22.4 Å². The molecule has 0 aliphatic carbocycles. The fourth-order valence-corrected chi connectivity index (χ4v) is 4.23. The summed E-state index contributed by atoms with van der Waals surface area (Å²) in [6, 6.07) is 8.03. The largest absolute Gasteiger partial charge is 1.00 e. The number of fused-ring (bicyclic) bond motifs is 1. The minimum absolute atomic E-state index is 0. The zero-order valence-corrected chi connectivity index (χ0v) is 20.4. The van der Waals surface area contributed by atoms with Crippen LogP contribution in [0.2, 0.25) is 5.02 Å². The standard InChI is InChI=1S/C22H30ClN3O3.2ClH/c1-21(2)16-27-22(29-28-21)8-13-26(14-9-22)12-4-3-10-24-19-7-11-25-20-15-17(23)5-6-18(19)20;;/h5-7,11,15H,3-4,8-10,12-14,16H2,1-2H3,(H,24,25);2*1H. The molecular weight excluding hydrogens is 461 g/mol. The number of ether oxygens (including phenoxy) is 1. The Balaban J connectivity index is 0.00000171. The second-order valence-corrected chi connectivity index (χ2v) is 9.28. The molecule has 0 saturated carbocycles. The molecule has 2 aromatic rings. The van der Waals surface area contributed by atoms with E-state index in [4.69, 9.17) is 26.1 Å². The summed E-state index contributed by atoms with van der Waals surface area (Å²) in [4.78, 5) is 16.1. The normalized spacial score (nSPS) is 24.9. The number of hydrogen-bond acceptors (Lipinski definition) is 4. The van der Waals surface area contributed by atoms with Crippen molar-refractivity contribution in [1.29, 1.82) is 0 Å². The first-order valence-corrected chi connectivity index (χ1v) is 11.0. The van der Waals surface area contributed by atoms with E-state index in [9.17, 15) is 0 Å². The molecule has 31 heavy (non-hydrogen) atoms. The van der Waals surface area contributed by atoms with Crippen LogP contribution in [0.4, 0.5) is 5.69 Å². The van der Waals surface area contributed by atoms with Gasteiger partial charge in [0.2, 0.25) is 11.3 Å². The second-order valence-electron chi connectivity index (χ2n) is 8.84. The highest BCUT2D eigenvalue weighted by Gasteiger charge is 2.46. The minimum atomic E-state index is -0.519. The molecule has 0 bridgehead atoms. The van der Waals surface area contributed by atoms with Gasteiger partial charge in [0.1, 0.15) is 5.60 Å². The first kappa shape index (κ1) is 26.4. The van der Waals surface area contributed by atoms with Crippen LogP contribution in [0, 0.1) is 0 Å². The van der Waals surface area contributed by atoms with Crippen molar-refractivity contribution in [3.8, 4) is 0 Å². The molecule has 6 nitrogen and oxygen atoms in total. The Hall–Kier alpha value is -0.860. The zero-order chi connectivity index (χ0) is 20.3. The van der Waals surface area contributed by atoms with Crippen molar-refractivity contribution in [2.75, 3.05) is 38.1 Å². The number of hydrogen-bond donors (Lipinski definition) is 2. The van der Waals surface area contributed by atoms with Crippen LogP contribution in [-0.4, -0.2) is 44.2 Å². The predicted octanol–water partition coefficient (Wildman–Crippen LogP) is -3.36. The summed E-state index contributed by atoms with van der Waals surface area (Å²) in [5, 5.41) is 5.49. The molecule has 3 heterocycles. The Morgan fingerprint density at radius 2 is 1.87 bits per heavy atom. The van der Waals surface area contributed by atoms with Gasteiger partial charge in [-0.3, -0.25) is 0 Å². The van der Waals surface area contributed by atoms with Crippen molar-refractivity contribution in [1.82, 2.24) is 0 Å². The summed E-state index contributed by atoms with van der Waals surface area (Å²) in [6.07, 6.45) is 6.09. The highest BCUT2D eigenvalue weighted by Crippen LogP contribution is 2.32. The number of likely N-dealkylation sites (tertiary alicyclic amines) is 1. The SMILES string of the molecule is CC1(C)COC2(CC[NH+](CCCCNc3cc[nH+]c4cc(Cl)ccc34)CC2)OO1.[Cl-].[Cl-]. The van der Waals surface area contributed by atoms with Crippen LogP contribution in [0.1, 0.15) is 39.5 Å². The molecule has 9 heteroatoms. The quantitative estimate of drug-likeness (QED) is 0.327. The second kappa shape index (κ2) is 11.3. The maximum Gasteiger partial charge on any atom is 0.214 e. The highest BCUT2D eigenvalue weighted by atomic mass is 35.5. The summed E-state index contributed by atoms with van der Waals surface area (Å²) in [7, 11) is 0. The van der Waals surface area contributed by atoms with Crippen molar-refractivity contribution >= 4 is 28.2 Å². The number of pyridine rings is 1. The van der Waals surface area contributed by atoms with Gasteiger partial charge in [0.25, 0.3) is 0 Å². The summed E-state index contributed by atoms with van der Waals surface area (Å²) >= 11 is 6.09. The van der Waals surface area contributed by atoms with E-state index in [1.165, 1.54) is 18.4 Å². The van der Waals surface area contributed by atoms with Crippen LogP contribution in [0.3, 0.4) is 0 Å². The number of rotatable bonds is 6. The molecule has 0 unspecified atom stereocenters. The third-order valence-electron chi connectivity index (χ3n) is 5.85. The number of aromatic nitrogens is 1. The number of nitrogens with one attached hydrogen (secondary N) is 3. The maximum absolute atomic E-state index is 6.09. The number of unbranched alkanes of at least 4 members (excludes halogenated alkanes) is 1. The van der Waals surface area contributed by atoms with Gasteiger partial charge in [0.15, 0.2) is 6.20 Å². The van der Waals surface area contributed by atoms with Gasteiger partial charge in [-0.05, 0) is 38.8 Å². The fraction of sp³-hybridized carbons (Fsp3) is 0.591. The van der Waals surface area contributed by atoms with E-state index in [0.717, 1.165) is 55.1 Å². The fourth-order valence-electron chi connectivity index (χ4n) is 4.06. The monoisotopic (exact) mass is 491 g/mol. The molecule has 0 amide bonds. The summed E-state index contributed by atoms with van der Waals surface area (Å²) < 4.78 is 6.02. The summed E-state index contributed by atoms with van der Waals surface area (Å²) in [5.41, 5.74) is 1.85. The van der Waals surface area contributed by atoms with E-state index in [0.29, 0.717) is 6.61 Å².